The van der Waals surface area contributed by atoms with E-state index in [1.165, 1.54) is 12.0 Å². The van der Waals surface area contributed by atoms with Crippen molar-refractivity contribution >= 4 is 29.1 Å². The monoisotopic (exact) mass is 997 g/mol. The summed E-state index contributed by atoms with van der Waals surface area (Å²) in [7, 11) is 3.73. The number of hydrogen-bond acceptors (Lipinski definition) is 9. The molecular weight excluding hydrogens is 929 g/mol. The van der Waals surface area contributed by atoms with Crippen LogP contribution in [0, 0.1) is 25.2 Å². The van der Waals surface area contributed by atoms with Gasteiger partial charge in [-0.15, -0.1) is 0 Å². The number of rotatable bonds is 13. The van der Waals surface area contributed by atoms with E-state index in [2.05, 4.69) is 52.0 Å². The molecule has 2 aromatic heterocycles. The molecule has 4 aliphatic heterocycles. The van der Waals surface area contributed by atoms with Crippen LogP contribution in [0.15, 0.2) is 97.1 Å². The van der Waals surface area contributed by atoms with Crippen molar-refractivity contribution in [3.05, 3.63) is 153 Å². The molecule has 10 rings (SSSR count). The molecule has 0 saturated carbocycles. The largest absolute Gasteiger partial charge is 0.508 e. The van der Waals surface area contributed by atoms with Crippen LogP contribution in [0.5, 0.6) is 11.5 Å². The Balaban J connectivity index is 0.984. The number of carbonyl (C=O) groups excluding carboxylic acids is 3. The quantitative estimate of drug-likeness (QED) is 0.121. The van der Waals surface area contributed by atoms with Crippen molar-refractivity contribution in [3.8, 4) is 28.8 Å². The number of anilines is 2. The number of ether oxygens (including phenoxy) is 2. The molecule has 384 valence electrons. The average Bonchev–Trinajstić information content (AvgIpc) is 3.89. The van der Waals surface area contributed by atoms with E-state index in [4.69, 9.17) is 9.47 Å². The first-order valence-electron chi connectivity index (χ1n) is 26.3. The topological polar surface area (TPSA) is 140 Å². The van der Waals surface area contributed by atoms with Gasteiger partial charge >= 0.3 is 0 Å². The van der Waals surface area contributed by atoms with Crippen molar-refractivity contribution in [2.45, 2.75) is 84.5 Å². The lowest BCUT2D eigenvalue weighted by Gasteiger charge is -2.41. The summed E-state index contributed by atoms with van der Waals surface area (Å²) in [5, 5.41) is 20.3. The second-order valence-corrected chi connectivity index (χ2v) is 20.7. The predicted octanol–water partition coefficient (Wildman–Crippen LogP) is 8.48. The van der Waals surface area contributed by atoms with Gasteiger partial charge in [-0.1, -0.05) is 42.8 Å². The van der Waals surface area contributed by atoms with E-state index >= 15 is 9.59 Å². The standard InChI is InChI=1S/C60H68N8O6/c1-40(65-25-27-73-28-26-65)39-74-52-19-13-43(14-20-52)29-58(70)66-24-21-45-31-54(55(32-47(45)36-66)59(71)67-37-46-12-8-7-11-44(46)30-50(67)38-64-22-9-6-10-23-64)57-34-53(41(2)63(57)5)60(72)68(48-15-17-51(69)18-16-48)56-33-49(35-61)62(4)42(56)3/h7-8,11-20,31-34,40,50,69H,6,9-10,21-30,36-39H2,1-5H3/t40?,50-/m0/s1. The van der Waals surface area contributed by atoms with E-state index < -0.39 is 0 Å². The Bertz CT molecular complexity index is 3080. The van der Waals surface area contributed by atoms with Crippen molar-refractivity contribution in [1.82, 2.24) is 28.7 Å². The Hall–Kier alpha value is -7.18. The Morgan fingerprint density at radius 1 is 0.797 bits per heavy atom. The van der Waals surface area contributed by atoms with Crippen LogP contribution in [0.4, 0.5) is 11.4 Å². The smallest absolute Gasteiger partial charge is 0.264 e. The number of likely N-dealkylation sites (tertiary alicyclic amines) is 1. The number of nitriles is 1. The van der Waals surface area contributed by atoms with E-state index in [-0.39, 0.29) is 42.0 Å². The molecule has 14 nitrogen and oxygen atoms in total. The normalized spacial score (nSPS) is 17.5. The van der Waals surface area contributed by atoms with Crippen molar-refractivity contribution in [2.75, 3.05) is 64.0 Å². The fourth-order valence-corrected chi connectivity index (χ4v) is 11.4. The number of fused-ring (bicyclic) bond motifs is 2. The third-order valence-corrected chi connectivity index (χ3v) is 16.1. The van der Waals surface area contributed by atoms with Crippen LogP contribution >= 0.6 is 0 Å². The molecule has 2 atom stereocenters. The number of hydrogen-bond donors (Lipinski definition) is 1. The summed E-state index contributed by atoms with van der Waals surface area (Å²) in [4.78, 5) is 55.7. The van der Waals surface area contributed by atoms with Crippen molar-refractivity contribution < 1.29 is 29.0 Å². The number of aromatic hydroxyl groups is 1. The lowest BCUT2D eigenvalue weighted by Crippen LogP contribution is -2.51. The number of phenolic OH excluding ortho intramolecular Hbond substituents is 1. The van der Waals surface area contributed by atoms with E-state index in [1.54, 1.807) is 46.8 Å². The second kappa shape index (κ2) is 21.7. The van der Waals surface area contributed by atoms with Gasteiger partial charge in [0.05, 0.1) is 30.9 Å². The molecule has 1 N–H and O–H groups in total. The molecule has 2 saturated heterocycles. The number of benzene rings is 4. The predicted molar refractivity (Wildman–Crippen MR) is 286 cm³/mol. The molecule has 0 spiro atoms. The van der Waals surface area contributed by atoms with Crippen LogP contribution in [-0.4, -0.2) is 123 Å². The van der Waals surface area contributed by atoms with Gasteiger partial charge in [0, 0.05) is 99.3 Å². The highest BCUT2D eigenvalue weighted by molar-refractivity contribution is 6.13. The fourth-order valence-electron chi connectivity index (χ4n) is 11.4. The van der Waals surface area contributed by atoms with Crippen molar-refractivity contribution in [2.24, 2.45) is 14.1 Å². The van der Waals surface area contributed by atoms with Crippen LogP contribution < -0.4 is 9.64 Å². The minimum atomic E-state index is -0.317. The Morgan fingerprint density at radius 3 is 2.24 bits per heavy atom. The maximum atomic E-state index is 15.8. The van der Waals surface area contributed by atoms with Gasteiger partial charge in [-0.05, 0) is 148 Å². The van der Waals surface area contributed by atoms with Gasteiger partial charge < -0.3 is 38.4 Å². The molecule has 6 heterocycles. The van der Waals surface area contributed by atoms with E-state index in [0.29, 0.717) is 66.6 Å². The first kappa shape index (κ1) is 50.4. The molecule has 74 heavy (non-hydrogen) atoms. The van der Waals surface area contributed by atoms with Gasteiger partial charge in [-0.2, -0.15) is 5.26 Å². The van der Waals surface area contributed by atoms with Crippen molar-refractivity contribution in [1.29, 1.82) is 5.26 Å². The minimum Gasteiger partial charge on any atom is -0.508 e. The molecular formula is C60H68N8O6. The summed E-state index contributed by atoms with van der Waals surface area (Å²) in [6.45, 7) is 14.0. The summed E-state index contributed by atoms with van der Waals surface area (Å²) in [5.41, 5.74) is 10.6. The van der Waals surface area contributed by atoms with Gasteiger partial charge in [0.1, 0.15) is 29.9 Å². The number of piperidine rings is 1. The number of amides is 3. The van der Waals surface area contributed by atoms with Gasteiger partial charge in [0.2, 0.25) is 5.91 Å². The van der Waals surface area contributed by atoms with Gasteiger partial charge in [0.15, 0.2) is 0 Å². The molecule has 3 amide bonds. The third kappa shape index (κ3) is 10.3. The van der Waals surface area contributed by atoms with Crippen LogP contribution in [0.1, 0.15) is 91.8 Å². The average molecular weight is 997 g/mol. The highest BCUT2D eigenvalue weighted by Gasteiger charge is 2.36. The summed E-state index contributed by atoms with van der Waals surface area (Å²) < 4.78 is 15.4. The number of aromatic nitrogens is 2. The van der Waals surface area contributed by atoms with E-state index in [0.717, 1.165) is 110 Å². The first-order chi connectivity index (χ1) is 35.8. The molecule has 4 aliphatic rings. The molecule has 0 bridgehead atoms. The van der Waals surface area contributed by atoms with Crippen LogP contribution in [0.2, 0.25) is 0 Å². The molecule has 4 aromatic carbocycles. The Kier molecular flexibility index (Phi) is 14.8. The lowest BCUT2D eigenvalue weighted by molar-refractivity contribution is -0.131. The van der Waals surface area contributed by atoms with Gasteiger partial charge in [0.25, 0.3) is 11.8 Å². The SMILES string of the molecule is Cc1c(N(C(=O)c2cc(-c3cc4c(cc3C(=O)N3Cc5ccccc5C[C@H]3CN3CCCCC3)CN(C(=O)Cc3ccc(OCC(C)N5CCOCC5)cc3)CC4)n(C)c2C)c2ccc(O)cc2)cc(C#N)n1C. The zero-order valence-corrected chi connectivity index (χ0v) is 43.5. The third-order valence-electron chi connectivity index (χ3n) is 16.1. The fraction of sp³-hybridized carbons (Fsp3) is 0.400. The summed E-state index contributed by atoms with van der Waals surface area (Å²) >= 11 is 0. The molecule has 2 fully saturated rings. The summed E-state index contributed by atoms with van der Waals surface area (Å²) in [6.07, 6.45) is 5.12. The zero-order valence-electron chi connectivity index (χ0n) is 43.5. The number of phenols is 1. The van der Waals surface area contributed by atoms with Crippen molar-refractivity contribution in [3.63, 3.8) is 0 Å². The Morgan fingerprint density at radius 2 is 1.53 bits per heavy atom. The molecule has 1 unspecified atom stereocenters. The molecule has 0 radical (unpaired) electrons. The number of morpholine rings is 1. The van der Waals surface area contributed by atoms with E-state index in [1.807, 2.05) is 72.8 Å². The lowest BCUT2D eigenvalue weighted by atomic mass is 9.89. The maximum absolute atomic E-state index is 15.8. The molecule has 6 aromatic rings. The maximum Gasteiger partial charge on any atom is 0.264 e. The van der Waals surface area contributed by atoms with E-state index in [9.17, 15) is 15.2 Å². The summed E-state index contributed by atoms with van der Waals surface area (Å²) in [5.74, 6) is 0.465. The number of carbonyl (C=O) groups is 3. The first-order valence-corrected chi connectivity index (χ1v) is 26.3. The minimum absolute atomic E-state index is 0.0198. The highest BCUT2D eigenvalue weighted by Crippen LogP contribution is 2.39. The summed E-state index contributed by atoms with van der Waals surface area (Å²) in [6, 6.07) is 33.0. The van der Waals surface area contributed by atoms with Crippen LogP contribution in [-0.2, 0) is 56.0 Å². The Labute approximate surface area is 434 Å². The van der Waals surface area contributed by atoms with Gasteiger partial charge in [-0.3, -0.25) is 24.2 Å². The zero-order chi connectivity index (χ0) is 51.6. The second-order valence-electron chi connectivity index (χ2n) is 20.7. The van der Waals surface area contributed by atoms with Crippen LogP contribution in [0.3, 0.4) is 0 Å². The van der Waals surface area contributed by atoms with Crippen LogP contribution in [0.25, 0.3) is 11.3 Å². The highest BCUT2D eigenvalue weighted by atomic mass is 16.5. The molecule has 0 aliphatic carbocycles. The van der Waals surface area contributed by atoms with Gasteiger partial charge in [-0.25, -0.2) is 0 Å². The number of nitrogens with zero attached hydrogens (tertiary/aromatic N) is 8. The molecule has 14 heteroatoms.